The molecular weight excluding hydrogens is 370 g/mol. The number of likely N-dealkylation sites (tertiary alicyclic amines) is 1. The van der Waals surface area contributed by atoms with Crippen molar-refractivity contribution < 1.29 is 4.79 Å². The van der Waals surface area contributed by atoms with E-state index >= 15 is 0 Å². The van der Waals surface area contributed by atoms with E-state index in [1.54, 1.807) is 12.5 Å². The highest BCUT2D eigenvalue weighted by Gasteiger charge is 2.18. The van der Waals surface area contributed by atoms with Crippen molar-refractivity contribution in [1.29, 1.82) is 0 Å². The molecule has 6 nitrogen and oxygen atoms in total. The fourth-order valence-electron chi connectivity index (χ4n) is 3.53. The second-order valence-corrected chi connectivity index (χ2v) is 8.29. The SMILES string of the molecule is Cc1ccc(-n2ncc3c(SCC(=O)N4CCCCCC4)ncnc32)cc1C. The summed E-state index contributed by atoms with van der Waals surface area (Å²) >= 11 is 1.48. The van der Waals surface area contributed by atoms with Crippen LogP contribution in [0.3, 0.4) is 0 Å². The fourth-order valence-corrected chi connectivity index (χ4v) is 4.39. The first-order valence-electron chi connectivity index (χ1n) is 9.80. The molecule has 1 aromatic carbocycles. The molecule has 3 heterocycles. The van der Waals surface area contributed by atoms with Crippen LogP contribution in [0, 0.1) is 13.8 Å². The zero-order valence-corrected chi connectivity index (χ0v) is 17.2. The van der Waals surface area contributed by atoms with Crippen molar-refractivity contribution in [2.45, 2.75) is 44.6 Å². The highest BCUT2D eigenvalue weighted by Crippen LogP contribution is 2.27. The van der Waals surface area contributed by atoms with Gasteiger partial charge >= 0.3 is 0 Å². The summed E-state index contributed by atoms with van der Waals surface area (Å²) in [5, 5.41) is 6.22. The molecule has 1 saturated heterocycles. The van der Waals surface area contributed by atoms with Gasteiger partial charge < -0.3 is 4.90 Å². The number of nitrogens with zero attached hydrogens (tertiary/aromatic N) is 5. The van der Waals surface area contributed by atoms with Crippen molar-refractivity contribution in [3.05, 3.63) is 41.9 Å². The van der Waals surface area contributed by atoms with Crippen LogP contribution in [-0.4, -0.2) is 49.4 Å². The quantitative estimate of drug-likeness (QED) is 0.495. The van der Waals surface area contributed by atoms with Crippen LogP contribution in [0.2, 0.25) is 0 Å². The summed E-state index contributed by atoms with van der Waals surface area (Å²) in [6.45, 7) is 5.94. The lowest BCUT2D eigenvalue weighted by Crippen LogP contribution is -2.33. The van der Waals surface area contributed by atoms with Crippen LogP contribution in [0.15, 0.2) is 35.7 Å². The van der Waals surface area contributed by atoms with Crippen LogP contribution in [0.1, 0.15) is 36.8 Å². The van der Waals surface area contributed by atoms with Crippen LogP contribution >= 0.6 is 11.8 Å². The molecule has 1 amide bonds. The van der Waals surface area contributed by atoms with E-state index in [-0.39, 0.29) is 5.91 Å². The van der Waals surface area contributed by atoms with Gasteiger partial charge in [-0.3, -0.25) is 4.79 Å². The lowest BCUT2D eigenvalue weighted by molar-refractivity contribution is -0.128. The Hall–Kier alpha value is -2.41. The molecule has 0 unspecified atom stereocenters. The minimum Gasteiger partial charge on any atom is -0.342 e. The predicted molar refractivity (Wildman–Crippen MR) is 112 cm³/mol. The Morgan fingerprint density at radius 1 is 1.07 bits per heavy atom. The molecule has 0 radical (unpaired) electrons. The van der Waals surface area contributed by atoms with Gasteiger partial charge in [0, 0.05) is 13.1 Å². The topological polar surface area (TPSA) is 63.9 Å². The van der Waals surface area contributed by atoms with E-state index in [1.165, 1.54) is 35.7 Å². The number of amides is 1. The van der Waals surface area contributed by atoms with Crippen molar-refractivity contribution in [3.8, 4) is 5.69 Å². The monoisotopic (exact) mass is 395 g/mol. The second kappa shape index (κ2) is 8.31. The summed E-state index contributed by atoms with van der Waals surface area (Å²) in [5.74, 6) is 0.598. The third kappa shape index (κ3) is 3.90. The number of hydrogen-bond donors (Lipinski definition) is 0. The molecule has 1 fully saturated rings. The minimum atomic E-state index is 0.195. The third-order valence-corrected chi connectivity index (χ3v) is 6.35. The van der Waals surface area contributed by atoms with Gasteiger partial charge in [-0.2, -0.15) is 5.10 Å². The Labute approximate surface area is 169 Å². The number of carbonyl (C=O) groups is 1. The van der Waals surface area contributed by atoms with Gasteiger partial charge in [0.25, 0.3) is 0 Å². The highest BCUT2D eigenvalue weighted by atomic mass is 32.2. The molecule has 146 valence electrons. The van der Waals surface area contributed by atoms with Gasteiger partial charge in [0.05, 0.1) is 23.0 Å². The molecule has 0 N–H and O–H groups in total. The number of aromatic nitrogens is 4. The number of benzene rings is 1. The largest absolute Gasteiger partial charge is 0.342 e. The van der Waals surface area contributed by atoms with E-state index in [4.69, 9.17) is 0 Å². The van der Waals surface area contributed by atoms with Gasteiger partial charge in [-0.05, 0) is 49.9 Å². The standard InChI is InChI=1S/C21H25N5OS/c1-15-7-8-17(11-16(15)2)26-20-18(12-24-26)21(23-14-22-20)28-13-19(27)25-9-5-3-4-6-10-25/h7-8,11-12,14H,3-6,9-10,13H2,1-2H3. The zero-order valence-electron chi connectivity index (χ0n) is 16.4. The molecule has 3 aromatic rings. The number of rotatable bonds is 4. The van der Waals surface area contributed by atoms with Gasteiger partial charge in [0.2, 0.25) is 5.91 Å². The summed E-state index contributed by atoms with van der Waals surface area (Å²) < 4.78 is 1.84. The van der Waals surface area contributed by atoms with Gasteiger partial charge in [0.1, 0.15) is 11.4 Å². The van der Waals surface area contributed by atoms with Gasteiger partial charge in [-0.15, -0.1) is 0 Å². The third-order valence-electron chi connectivity index (χ3n) is 5.36. The molecule has 0 spiro atoms. The van der Waals surface area contributed by atoms with Crippen molar-refractivity contribution in [2.75, 3.05) is 18.8 Å². The fraction of sp³-hybridized carbons (Fsp3) is 0.429. The first kappa shape index (κ1) is 18.9. The van der Waals surface area contributed by atoms with E-state index in [9.17, 15) is 4.79 Å². The maximum atomic E-state index is 12.6. The maximum absolute atomic E-state index is 12.6. The average molecular weight is 396 g/mol. The van der Waals surface area contributed by atoms with E-state index in [0.29, 0.717) is 5.75 Å². The van der Waals surface area contributed by atoms with Gasteiger partial charge in [0.15, 0.2) is 5.65 Å². The Kier molecular flexibility index (Phi) is 5.62. The van der Waals surface area contributed by atoms with Crippen LogP contribution in [-0.2, 0) is 4.79 Å². The smallest absolute Gasteiger partial charge is 0.232 e. The average Bonchev–Trinajstić information content (AvgIpc) is 2.95. The first-order valence-corrected chi connectivity index (χ1v) is 10.8. The number of hydrogen-bond acceptors (Lipinski definition) is 5. The van der Waals surface area contributed by atoms with Crippen molar-refractivity contribution >= 4 is 28.7 Å². The predicted octanol–water partition coefficient (Wildman–Crippen LogP) is 3.93. The Bertz CT molecular complexity index is 992. The van der Waals surface area contributed by atoms with Crippen LogP contribution < -0.4 is 0 Å². The molecule has 2 aromatic heterocycles. The molecule has 1 aliphatic heterocycles. The van der Waals surface area contributed by atoms with Crippen LogP contribution in [0.25, 0.3) is 16.7 Å². The molecule has 1 aliphatic rings. The van der Waals surface area contributed by atoms with Crippen molar-refractivity contribution in [1.82, 2.24) is 24.6 Å². The summed E-state index contributed by atoms with van der Waals surface area (Å²) in [6.07, 6.45) is 8.01. The Morgan fingerprint density at radius 2 is 1.86 bits per heavy atom. The Morgan fingerprint density at radius 3 is 2.61 bits per heavy atom. The van der Waals surface area contributed by atoms with Gasteiger partial charge in [-0.25, -0.2) is 14.6 Å². The van der Waals surface area contributed by atoms with E-state index in [2.05, 4.69) is 41.0 Å². The second-order valence-electron chi connectivity index (χ2n) is 7.32. The summed E-state index contributed by atoms with van der Waals surface area (Å²) in [4.78, 5) is 23.4. The Balaban J connectivity index is 1.54. The maximum Gasteiger partial charge on any atom is 0.232 e. The summed E-state index contributed by atoms with van der Waals surface area (Å²) in [7, 11) is 0. The molecule has 4 rings (SSSR count). The minimum absolute atomic E-state index is 0.195. The normalized spacial score (nSPS) is 15.0. The van der Waals surface area contributed by atoms with Crippen LogP contribution in [0.4, 0.5) is 0 Å². The molecule has 7 heteroatoms. The molecule has 0 bridgehead atoms. The number of thioether (sulfide) groups is 1. The number of fused-ring (bicyclic) bond motifs is 1. The van der Waals surface area contributed by atoms with E-state index in [0.717, 1.165) is 47.7 Å². The molecule has 0 aliphatic carbocycles. The number of carbonyl (C=O) groups excluding carboxylic acids is 1. The van der Waals surface area contributed by atoms with E-state index in [1.807, 2.05) is 15.6 Å². The highest BCUT2D eigenvalue weighted by molar-refractivity contribution is 8.00. The van der Waals surface area contributed by atoms with Crippen molar-refractivity contribution in [3.63, 3.8) is 0 Å². The number of aryl methyl sites for hydroxylation is 2. The van der Waals surface area contributed by atoms with E-state index < -0.39 is 0 Å². The molecule has 0 saturated carbocycles. The van der Waals surface area contributed by atoms with Gasteiger partial charge in [-0.1, -0.05) is 30.7 Å². The molecule has 28 heavy (non-hydrogen) atoms. The zero-order chi connectivity index (χ0) is 19.5. The van der Waals surface area contributed by atoms with Crippen molar-refractivity contribution in [2.24, 2.45) is 0 Å². The molecule has 0 atom stereocenters. The lowest BCUT2D eigenvalue weighted by Gasteiger charge is -2.19. The molecular formula is C21H25N5OS. The van der Waals surface area contributed by atoms with Crippen LogP contribution in [0.5, 0.6) is 0 Å². The first-order chi connectivity index (χ1) is 13.6. The summed E-state index contributed by atoms with van der Waals surface area (Å²) in [6, 6.07) is 6.25. The summed E-state index contributed by atoms with van der Waals surface area (Å²) in [5.41, 5.74) is 4.21. The lowest BCUT2D eigenvalue weighted by atomic mass is 10.1.